The number of nitrogens with one attached hydrogen (secondary N) is 1. The Labute approximate surface area is 126 Å². The number of benzene rings is 1. The highest BCUT2D eigenvalue weighted by atomic mass is 32.2. The Morgan fingerprint density at radius 2 is 1.90 bits per heavy atom. The van der Waals surface area contributed by atoms with Crippen LogP contribution in [0.15, 0.2) is 17.0 Å². The maximum absolute atomic E-state index is 12.6. The van der Waals surface area contributed by atoms with Gasteiger partial charge in [-0.25, -0.2) is 13.1 Å². The molecule has 1 saturated heterocycles. The molecule has 0 unspecified atom stereocenters. The van der Waals surface area contributed by atoms with Gasteiger partial charge in [0.1, 0.15) is 4.90 Å². The predicted molar refractivity (Wildman–Crippen MR) is 83.7 cm³/mol. The van der Waals surface area contributed by atoms with Crippen LogP contribution in [-0.4, -0.2) is 28.2 Å². The van der Waals surface area contributed by atoms with Crippen LogP contribution in [0.3, 0.4) is 0 Å². The first-order valence-electron chi connectivity index (χ1n) is 7.18. The molecule has 0 aliphatic carbocycles. The first-order chi connectivity index (χ1) is 9.75. The summed E-state index contributed by atoms with van der Waals surface area (Å²) in [5.41, 5.74) is 7.74. The molecule has 21 heavy (non-hydrogen) atoms. The van der Waals surface area contributed by atoms with Gasteiger partial charge in [0.15, 0.2) is 0 Å². The molecule has 118 valence electrons. The van der Waals surface area contributed by atoms with Crippen molar-refractivity contribution in [3.63, 3.8) is 0 Å². The van der Waals surface area contributed by atoms with Gasteiger partial charge in [-0.05, 0) is 49.3 Å². The molecule has 1 aliphatic heterocycles. The van der Waals surface area contributed by atoms with Crippen LogP contribution < -0.4 is 10.5 Å². The van der Waals surface area contributed by atoms with Gasteiger partial charge >= 0.3 is 0 Å². The fraction of sp³-hybridized carbons (Fsp3) is 0.600. The summed E-state index contributed by atoms with van der Waals surface area (Å²) in [6, 6.07) is 3.48. The highest BCUT2D eigenvalue weighted by molar-refractivity contribution is 7.89. The lowest BCUT2D eigenvalue weighted by atomic mass is 9.83. The fourth-order valence-corrected chi connectivity index (χ4v) is 4.18. The monoisotopic (exact) mass is 312 g/mol. The van der Waals surface area contributed by atoms with Crippen molar-refractivity contribution < 1.29 is 13.2 Å². The number of sulfonamides is 1. The van der Waals surface area contributed by atoms with Gasteiger partial charge in [-0.15, -0.1) is 0 Å². The lowest BCUT2D eigenvalue weighted by Crippen LogP contribution is -2.39. The molecule has 6 heteroatoms. The smallest absolute Gasteiger partial charge is 0.242 e. The Hall–Kier alpha value is -1.11. The fourth-order valence-electron chi connectivity index (χ4n) is 2.55. The first kappa shape index (κ1) is 16.3. The van der Waals surface area contributed by atoms with Crippen LogP contribution in [0.2, 0.25) is 0 Å². The standard InChI is InChI=1S/C15H24N2O3S/c1-11-4-5-13(16)14(12(11)2)21(18,19)17-10-15(3)6-8-20-9-7-15/h4-5,17H,6-10,16H2,1-3H3. The zero-order chi connectivity index (χ0) is 15.7. The average Bonchev–Trinajstić information content (AvgIpc) is 2.42. The molecule has 0 aromatic heterocycles. The minimum Gasteiger partial charge on any atom is -0.398 e. The van der Waals surface area contributed by atoms with Gasteiger partial charge in [0, 0.05) is 19.8 Å². The molecule has 1 aromatic rings. The second kappa shape index (κ2) is 5.94. The Kier molecular flexibility index (Phi) is 4.60. The van der Waals surface area contributed by atoms with Crippen LogP contribution in [0.5, 0.6) is 0 Å². The predicted octanol–water partition coefficient (Wildman–Crippen LogP) is 1.98. The summed E-state index contributed by atoms with van der Waals surface area (Å²) in [6.07, 6.45) is 1.72. The Morgan fingerprint density at radius 3 is 2.52 bits per heavy atom. The van der Waals surface area contributed by atoms with Gasteiger partial charge in [-0.2, -0.15) is 0 Å². The zero-order valence-electron chi connectivity index (χ0n) is 12.9. The molecule has 0 atom stereocenters. The first-order valence-corrected chi connectivity index (χ1v) is 8.67. The van der Waals surface area contributed by atoms with E-state index in [2.05, 4.69) is 11.6 Å². The molecule has 0 bridgehead atoms. The summed E-state index contributed by atoms with van der Waals surface area (Å²) < 4.78 is 33.2. The third kappa shape index (κ3) is 3.56. The zero-order valence-corrected chi connectivity index (χ0v) is 13.7. The topological polar surface area (TPSA) is 81.4 Å². The van der Waals surface area contributed by atoms with E-state index in [1.165, 1.54) is 0 Å². The van der Waals surface area contributed by atoms with Crippen molar-refractivity contribution in [3.05, 3.63) is 23.3 Å². The molecule has 1 fully saturated rings. The molecule has 1 heterocycles. The SMILES string of the molecule is Cc1ccc(N)c(S(=O)(=O)NCC2(C)CCOCC2)c1C. The molecule has 1 aromatic carbocycles. The third-order valence-electron chi connectivity index (χ3n) is 4.36. The number of rotatable bonds is 4. The maximum Gasteiger partial charge on any atom is 0.242 e. The summed E-state index contributed by atoms with van der Waals surface area (Å²) >= 11 is 0. The average molecular weight is 312 g/mol. The normalized spacial score (nSPS) is 18.6. The summed E-state index contributed by atoms with van der Waals surface area (Å²) in [5, 5.41) is 0. The minimum absolute atomic E-state index is 0.0577. The lowest BCUT2D eigenvalue weighted by molar-refractivity contribution is 0.0264. The third-order valence-corrected chi connectivity index (χ3v) is 5.97. The van der Waals surface area contributed by atoms with Crippen LogP contribution in [0.25, 0.3) is 0 Å². The van der Waals surface area contributed by atoms with Crippen molar-refractivity contribution >= 4 is 15.7 Å². The Balaban J connectivity index is 2.21. The number of hydrogen-bond acceptors (Lipinski definition) is 4. The number of ether oxygens (including phenoxy) is 1. The van der Waals surface area contributed by atoms with Gasteiger partial charge in [-0.3, -0.25) is 0 Å². The van der Waals surface area contributed by atoms with Crippen molar-refractivity contribution in [2.45, 2.75) is 38.5 Å². The number of hydrogen-bond donors (Lipinski definition) is 2. The van der Waals surface area contributed by atoms with Crippen LogP contribution in [0.1, 0.15) is 30.9 Å². The van der Waals surface area contributed by atoms with Crippen LogP contribution in [-0.2, 0) is 14.8 Å². The molecule has 0 saturated carbocycles. The van der Waals surface area contributed by atoms with Gasteiger partial charge in [0.2, 0.25) is 10.0 Å². The molecule has 0 amide bonds. The number of nitrogen functional groups attached to an aromatic ring is 1. The highest BCUT2D eigenvalue weighted by Gasteiger charge is 2.30. The summed E-state index contributed by atoms with van der Waals surface area (Å²) in [4.78, 5) is 0.207. The van der Waals surface area contributed by atoms with Crippen LogP contribution in [0.4, 0.5) is 5.69 Å². The quantitative estimate of drug-likeness (QED) is 0.833. The van der Waals surface area contributed by atoms with Gasteiger partial charge in [0.25, 0.3) is 0 Å². The number of aryl methyl sites for hydroxylation is 1. The van der Waals surface area contributed by atoms with Gasteiger partial charge < -0.3 is 10.5 Å². The van der Waals surface area contributed by atoms with Crippen molar-refractivity contribution in [1.29, 1.82) is 0 Å². The van der Waals surface area contributed by atoms with E-state index in [0.29, 0.717) is 31.0 Å². The van der Waals surface area contributed by atoms with E-state index in [-0.39, 0.29) is 10.3 Å². The van der Waals surface area contributed by atoms with E-state index in [0.717, 1.165) is 18.4 Å². The second-order valence-corrected chi connectivity index (χ2v) is 7.88. The summed E-state index contributed by atoms with van der Waals surface area (Å²) in [6.45, 7) is 7.54. The van der Waals surface area contributed by atoms with E-state index < -0.39 is 10.0 Å². The van der Waals surface area contributed by atoms with Crippen molar-refractivity contribution in [2.75, 3.05) is 25.5 Å². The van der Waals surface area contributed by atoms with Crippen LogP contribution in [0, 0.1) is 19.3 Å². The Bertz CT molecular complexity index is 620. The van der Waals surface area contributed by atoms with Gasteiger partial charge in [-0.1, -0.05) is 13.0 Å². The van der Waals surface area contributed by atoms with Crippen molar-refractivity contribution in [3.8, 4) is 0 Å². The molecule has 1 aliphatic rings. The summed E-state index contributed by atoms with van der Waals surface area (Å²) in [7, 11) is -3.60. The Morgan fingerprint density at radius 1 is 1.29 bits per heavy atom. The van der Waals surface area contributed by atoms with E-state index in [9.17, 15) is 8.42 Å². The van der Waals surface area contributed by atoms with E-state index >= 15 is 0 Å². The van der Waals surface area contributed by atoms with Crippen molar-refractivity contribution in [1.82, 2.24) is 4.72 Å². The number of nitrogens with two attached hydrogens (primary N) is 1. The van der Waals surface area contributed by atoms with E-state index in [1.54, 1.807) is 13.0 Å². The number of anilines is 1. The van der Waals surface area contributed by atoms with Gasteiger partial charge in [0.05, 0.1) is 5.69 Å². The summed E-state index contributed by atoms with van der Waals surface area (Å²) in [5.74, 6) is 0. The van der Waals surface area contributed by atoms with E-state index in [1.807, 2.05) is 13.0 Å². The molecule has 2 rings (SSSR count). The largest absolute Gasteiger partial charge is 0.398 e. The molecule has 5 nitrogen and oxygen atoms in total. The molecule has 3 N–H and O–H groups in total. The van der Waals surface area contributed by atoms with Crippen LogP contribution >= 0.6 is 0 Å². The van der Waals surface area contributed by atoms with E-state index in [4.69, 9.17) is 10.5 Å². The van der Waals surface area contributed by atoms with Crippen molar-refractivity contribution in [2.24, 2.45) is 5.41 Å². The minimum atomic E-state index is -3.60. The molecular weight excluding hydrogens is 288 g/mol. The molecule has 0 radical (unpaired) electrons. The molecular formula is C15H24N2O3S. The highest BCUT2D eigenvalue weighted by Crippen LogP contribution is 2.30. The lowest BCUT2D eigenvalue weighted by Gasteiger charge is -2.33. The molecule has 0 spiro atoms. The maximum atomic E-state index is 12.6. The second-order valence-electron chi connectivity index (χ2n) is 6.17.